The van der Waals surface area contributed by atoms with Gasteiger partial charge in [0.25, 0.3) is 5.91 Å². The first-order valence-electron chi connectivity index (χ1n) is 10.3. The molecule has 0 saturated carbocycles. The van der Waals surface area contributed by atoms with Crippen LogP contribution >= 0.6 is 0 Å². The summed E-state index contributed by atoms with van der Waals surface area (Å²) in [5.41, 5.74) is 2.41. The fourth-order valence-electron chi connectivity index (χ4n) is 3.07. The van der Waals surface area contributed by atoms with E-state index in [4.69, 9.17) is 4.74 Å². The van der Waals surface area contributed by atoms with E-state index in [1.165, 1.54) is 6.07 Å². The summed E-state index contributed by atoms with van der Waals surface area (Å²) in [4.78, 5) is 24.4. The fourth-order valence-corrected chi connectivity index (χ4v) is 3.07. The number of aromatic carboxylic acids is 1. The Labute approximate surface area is 181 Å². The fraction of sp³-hybridized carbons (Fsp3) is 0.200. The van der Waals surface area contributed by atoms with Gasteiger partial charge in [-0.3, -0.25) is 4.79 Å². The Hall–Kier alpha value is -3.80. The van der Waals surface area contributed by atoms with Gasteiger partial charge in [-0.05, 0) is 36.2 Å². The summed E-state index contributed by atoms with van der Waals surface area (Å²) >= 11 is 0. The minimum absolute atomic E-state index is 0.0409. The van der Waals surface area contributed by atoms with Crippen LogP contribution in [0.5, 0.6) is 5.75 Å². The summed E-state index contributed by atoms with van der Waals surface area (Å²) in [5.74, 6) is -0.838. The molecule has 0 heterocycles. The number of nitrogens with one attached hydrogen (secondary N) is 2. The molecule has 3 rings (SSSR count). The smallest absolute Gasteiger partial charge is 0.337 e. The van der Waals surface area contributed by atoms with Crippen molar-refractivity contribution >= 4 is 23.3 Å². The number of rotatable bonds is 10. The first-order chi connectivity index (χ1) is 15.1. The molecule has 0 aliphatic heterocycles. The van der Waals surface area contributed by atoms with Crippen molar-refractivity contribution in [3.05, 3.63) is 89.5 Å². The zero-order valence-electron chi connectivity index (χ0n) is 17.4. The zero-order chi connectivity index (χ0) is 22.1. The molecule has 1 amide bonds. The summed E-state index contributed by atoms with van der Waals surface area (Å²) in [7, 11) is 0. The number of ether oxygens (including phenoxy) is 1. The van der Waals surface area contributed by atoms with E-state index in [1.54, 1.807) is 36.4 Å². The molecule has 0 unspecified atom stereocenters. The van der Waals surface area contributed by atoms with E-state index < -0.39 is 5.97 Å². The van der Waals surface area contributed by atoms with Crippen LogP contribution in [-0.4, -0.2) is 23.5 Å². The minimum Gasteiger partial charge on any atom is -0.489 e. The second-order valence-electron chi connectivity index (χ2n) is 7.07. The van der Waals surface area contributed by atoms with Crippen LogP contribution < -0.4 is 15.4 Å². The summed E-state index contributed by atoms with van der Waals surface area (Å²) in [6, 6.07) is 21.4. The van der Waals surface area contributed by atoms with Crippen LogP contribution in [0.4, 0.5) is 11.4 Å². The number of carbonyl (C=O) groups is 2. The molecule has 3 N–H and O–H groups in total. The van der Waals surface area contributed by atoms with Gasteiger partial charge in [-0.2, -0.15) is 0 Å². The lowest BCUT2D eigenvalue weighted by Crippen LogP contribution is -2.17. The standard InChI is InChI=1S/C25H26N2O4/c1-2-3-15-26-23-16-19(31-17-18-9-5-4-6-10-18)13-14-20(23)24(28)27-22-12-8-7-11-21(22)25(29)30/h4-14,16,26H,2-3,15,17H2,1H3,(H,27,28)(H,29,30). The van der Waals surface area contributed by atoms with Crippen molar-refractivity contribution in [2.75, 3.05) is 17.2 Å². The Balaban J connectivity index is 1.80. The number of anilines is 2. The average molecular weight is 418 g/mol. The summed E-state index contributed by atoms with van der Waals surface area (Å²) in [6.07, 6.45) is 1.97. The van der Waals surface area contributed by atoms with Gasteiger partial charge >= 0.3 is 5.97 Å². The van der Waals surface area contributed by atoms with Crippen LogP contribution in [0.2, 0.25) is 0 Å². The molecule has 0 bridgehead atoms. The third kappa shape index (κ3) is 6.09. The van der Waals surface area contributed by atoms with E-state index in [0.717, 1.165) is 18.4 Å². The van der Waals surface area contributed by atoms with Gasteiger partial charge in [0.05, 0.1) is 22.5 Å². The van der Waals surface area contributed by atoms with Gasteiger partial charge < -0.3 is 20.5 Å². The van der Waals surface area contributed by atoms with Crippen molar-refractivity contribution in [1.29, 1.82) is 0 Å². The predicted octanol–water partition coefficient (Wildman–Crippen LogP) is 5.43. The molecular weight excluding hydrogens is 392 g/mol. The summed E-state index contributed by atoms with van der Waals surface area (Å²) < 4.78 is 5.89. The van der Waals surface area contributed by atoms with Crippen molar-refractivity contribution in [2.45, 2.75) is 26.4 Å². The molecule has 6 nitrogen and oxygen atoms in total. The van der Waals surface area contributed by atoms with Crippen LogP contribution in [0.25, 0.3) is 0 Å². The lowest BCUT2D eigenvalue weighted by atomic mass is 10.1. The molecule has 160 valence electrons. The molecule has 6 heteroatoms. The van der Waals surface area contributed by atoms with Gasteiger partial charge in [-0.15, -0.1) is 0 Å². The van der Waals surface area contributed by atoms with Crippen molar-refractivity contribution in [1.82, 2.24) is 0 Å². The quantitative estimate of drug-likeness (QED) is 0.382. The Morgan fingerprint density at radius 3 is 2.39 bits per heavy atom. The number of hydrogen-bond acceptors (Lipinski definition) is 4. The molecule has 0 atom stereocenters. The molecule has 0 spiro atoms. The third-order valence-corrected chi connectivity index (χ3v) is 4.74. The monoisotopic (exact) mass is 418 g/mol. The van der Waals surface area contributed by atoms with E-state index in [-0.39, 0.29) is 17.2 Å². The second kappa shape index (κ2) is 10.8. The number of unbranched alkanes of at least 4 members (excludes halogenated alkanes) is 1. The lowest BCUT2D eigenvalue weighted by Gasteiger charge is -2.15. The highest BCUT2D eigenvalue weighted by atomic mass is 16.5. The van der Waals surface area contributed by atoms with Gasteiger partial charge in [0.2, 0.25) is 0 Å². The predicted molar refractivity (Wildman–Crippen MR) is 122 cm³/mol. The van der Waals surface area contributed by atoms with Gasteiger partial charge in [0.15, 0.2) is 0 Å². The molecule has 0 saturated heterocycles. The SMILES string of the molecule is CCCCNc1cc(OCc2ccccc2)ccc1C(=O)Nc1ccccc1C(=O)O. The molecule has 0 aromatic heterocycles. The minimum atomic E-state index is -1.10. The second-order valence-corrected chi connectivity index (χ2v) is 7.07. The van der Waals surface area contributed by atoms with Crippen LogP contribution in [0.3, 0.4) is 0 Å². The number of hydrogen-bond donors (Lipinski definition) is 3. The topological polar surface area (TPSA) is 87.7 Å². The number of carboxylic acid groups (broad SMARTS) is 1. The Bertz CT molecular complexity index is 1030. The van der Waals surface area contributed by atoms with E-state index >= 15 is 0 Å². The number of para-hydroxylation sites is 1. The Kier molecular flexibility index (Phi) is 7.65. The number of benzene rings is 3. The first-order valence-corrected chi connectivity index (χ1v) is 10.3. The number of carboxylic acids is 1. The van der Waals surface area contributed by atoms with E-state index in [0.29, 0.717) is 30.2 Å². The average Bonchev–Trinajstić information content (AvgIpc) is 2.79. The van der Waals surface area contributed by atoms with Crippen molar-refractivity contribution < 1.29 is 19.4 Å². The molecule has 0 aliphatic rings. The normalized spacial score (nSPS) is 10.4. The maximum absolute atomic E-state index is 12.9. The lowest BCUT2D eigenvalue weighted by molar-refractivity contribution is 0.0698. The van der Waals surface area contributed by atoms with Crippen molar-refractivity contribution in [3.63, 3.8) is 0 Å². The van der Waals surface area contributed by atoms with Gasteiger partial charge in [0.1, 0.15) is 12.4 Å². The van der Waals surface area contributed by atoms with Crippen molar-refractivity contribution in [2.24, 2.45) is 0 Å². The van der Waals surface area contributed by atoms with Gasteiger partial charge in [-0.1, -0.05) is 55.8 Å². The molecule has 0 radical (unpaired) electrons. The molecule has 3 aromatic rings. The first kappa shape index (κ1) is 21.9. The Morgan fingerprint density at radius 2 is 1.65 bits per heavy atom. The Morgan fingerprint density at radius 1 is 0.903 bits per heavy atom. The molecular formula is C25H26N2O4. The summed E-state index contributed by atoms with van der Waals surface area (Å²) in [6.45, 7) is 3.23. The zero-order valence-corrected chi connectivity index (χ0v) is 17.4. The highest BCUT2D eigenvalue weighted by Crippen LogP contribution is 2.25. The van der Waals surface area contributed by atoms with Crippen LogP contribution in [-0.2, 0) is 6.61 Å². The van der Waals surface area contributed by atoms with E-state index in [1.807, 2.05) is 30.3 Å². The van der Waals surface area contributed by atoms with Crippen LogP contribution in [0.1, 0.15) is 46.0 Å². The van der Waals surface area contributed by atoms with Gasteiger partial charge in [-0.25, -0.2) is 4.79 Å². The highest BCUT2D eigenvalue weighted by Gasteiger charge is 2.16. The molecule has 0 aliphatic carbocycles. The highest BCUT2D eigenvalue weighted by molar-refractivity contribution is 6.10. The van der Waals surface area contributed by atoms with E-state index in [2.05, 4.69) is 17.6 Å². The summed E-state index contributed by atoms with van der Waals surface area (Å²) in [5, 5.41) is 15.4. The largest absolute Gasteiger partial charge is 0.489 e. The van der Waals surface area contributed by atoms with Crippen LogP contribution in [0.15, 0.2) is 72.8 Å². The number of amides is 1. The number of carbonyl (C=O) groups excluding carboxylic acids is 1. The molecule has 0 fully saturated rings. The molecule has 31 heavy (non-hydrogen) atoms. The van der Waals surface area contributed by atoms with Gasteiger partial charge in [0, 0.05) is 12.6 Å². The van der Waals surface area contributed by atoms with E-state index in [9.17, 15) is 14.7 Å². The molecule has 3 aromatic carbocycles. The van der Waals surface area contributed by atoms with Crippen molar-refractivity contribution in [3.8, 4) is 5.75 Å². The third-order valence-electron chi connectivity index (χ3n) is 4.74. The maximum Gasteiger partial charge on any atom is 0.337 e. The maximum atomic E-state index is 12.9. The van der Waals surface area contributed by atoms with Crippen LogP contribution in [0, 0.1) is 0 Å².